The highest BCUT2D eigenvalue weighted by molar-refractivity contribution is 5.84. The van der Waals surface area contributed by atoms with Gasteiger partial charge in [-0.3, -0.25) is 9.78 Å². The van der Waals surface area contributed by atoms with Gasteiger partial charge >= 0.3 is 0 Å². The van der Waals surface area contributed by atoms with Crippen LogP contribution >= 0.6 is 0 Å². The van der Waals surface area contributed by atoms with Crippen molar-refractivity contribution in [1.82, 2.24) is 20.3 Å². The smallest absolute Gasteiger partial charge is 0.242 e. The largest absolute Gasteiger partial charge is 0.467 e. The predicted molar refractivity (Wildman–Crippen MR) is 98.4 cm³/mol. The minimum Gasteiger partial charge on any atom is -0.467 e. The molecule has 3 aromatic rings. The number of aryl methyl sites for hydroxylation is 1. The van der Waals surface area contributed by atoms with E-state index in [0.717, 1.165) is 16.8 Å². The van der Waals surface area contributed by atoms with Gasteiger partial charge in [0.1, 0.15) is 17.6 Å². The monoisotopic (exact) mass is 351 g/mol. The third kappa shape index (κ3) is 4.05. The number of furan rings is 1. The SMILES string of the molecule is Cc1nc(-c2cccnc2)nc(NC(C)C(=O)NCc2ccco2)c1C. The van der Waals surface area contributed by atoms with Gasteiger partial charge in [-0.1, -0.05) is 0 Å². The lowest BCUT2D eigenvalue weighted by molar-refractivity contribution is -0.121. The van der Waals surface area contributed by atoms with Crippen molar-refractivity contribution >= 4 is 11.7 Å². The maximum atomic E-state index is 12.3. The Morgan fingerprint density at radius 3 is 2.77 bits per heavy atom. The van der Waals surface area contributed by atoms with Crippen molar-refractivity contribution in [2.45, 2.75) is 33.4 Å². The molecule has 0 radical (unpaired) electrons. The van der Waals surface area contributed by atoms with Crippen molar-refractivity contribution in [3.05, 3.63) is 59.9 Å². The Morgan fingerprint density at radius 1 is 1.23 bits per heavy atom. The van der Waals surface area contributed by atoms with Crippen LogP contribution in [0, 0.1) is 13.8 Å². The highest BCUT2D eigenvalue weighted by Gasteiger charge is 2.17. The standard InChI is InChI=1S/C19H21N5O2/c1-12-13(2)22-18(15-6-4-8-20-10-15)24-17(12)23-14(3)19(25)21-11-16-7-5-9-26-16/h4-10,14H,11H2,1-3H3,(H,21,25)(H,22,23,24). The van der Waals surface area contributed by atoms with Gasteiger partial charge in [0.25, 0.3) is 0 Å². The quantitative estimate of drug-likeness (QED) is 0.709. The van der Waals surface area contributed by atoms with E-state index in [9.17, 15) is 4.79 Å². The summed E-state index contributed by atoms with van der Waals surface area (Å²) in [5.74, 6) is 1.78. The molecule has 0 aliphatic rings. The Morgan fingerprint density at radius 2 is 2.08 bits per heavy atom. The molecule has 3 rings (SSSR count). The molecule has 0 aliphatic heterocycles. The van der Waals surface area contributed by atoms with Crippen LogP contribution in [-0.4, -0.2) is 26.9 Å². The fourth-order valence-electron chi connectivity index (χ4n) is 2.40. The number of rotatable bonds is 6. The first-order valence-electron chi connectivity index (χ1n) is 8.37. The molecule has 1 amide bonds. The minimum atomic E-state index is -0.459. The minimum absolute atomic E-state index is 0.139. The zero-order valence-electron chi connectivity index (χ0n) is 15.0. The maximum absolute atomic E-state index is 12.3. The van der Waals surface area contributed by atoms with Gasteiger partial charge < -0.3 is 15.1 Å². The van der Waals surface area contributed by atoms with E-state index in [2.05, 4.69) is 25.6 Å². The van der Waals surface area contributed by atoms with Gasteiger partial charge in [0.05, 0.1) is 12.8 Å². The first-order chi connectivity index (χ1) is 12.5. The third-order valence-corrected chi connectivity index (χ3v) is 4.07. The van der Waals surface area contributed by atoms with Gasteiger partial charge in [-0.25, -0.2) is 9.97 Å². The van der Waals surface area contributed by atoms with E-state index in [1.165, 1.54) is 0 Å². The second-order valence-electron chi connectivity index (χ2n) is 6.01. The van der Waals surface area contributed by atoms with Crippen molar-refractivity contribution < 1.29 is 9.21 Å². The Labute approximate surface area is 151 Å². The number of aromatic nitrogens is 3. The van der Waals surface area contributed by atoms with Crippen LogP contribution in [0.15, 0.2) is 47.3 Å². The van der Waals surface area contributed by atoms with Crippen LogP contribution < -0.4 is 10.6 Å². The fourth-order valence-corrected chi connectivity index (χ4v) is 2.40. The van der Waals surface area contributed by atoms with Crippen molar-refractivity contribution in [2.24, 2.45) is 0 Å². The van der Waals surface area contributed by atoms with Gasteiger partial charge in [-0.15, -0.1) is 0 Å². The third-order valence-electron chi connectivity index (χ3n) is 4.07. The van der Waals surface area contributed by atoms with Crippen molar-refractivity contribution in [3.63, 3.8) is 0 Å². The molecule has 3 heterocycles. The van der Waals surface area contributed by atoms with E-state index in [1.807, 2.05) is 32.0 Å². The molecule has 1 atom stereocenters. The molecule has 0 fully saturated rings. The van der Waals surface area contributed by atoms with Gasteiger partial charge in [0.2, 0.25) is 5.91 Å². The first-order valence-corrected chi connectivity index (χ1v) is 8.37. The molecule has 7 nitrogen and oxygen atoms in total. The molecule has 0 aromatic carbocycles. The number of nitrogens with zero attached hydrogens (tertiary/aromatic N) is 3. The summed E-state index contributed by atoms with van der Waals surface area (Å²) in [7, 11) is 0. The number of pyridine rings is 1. The number of carbonyl (C=O) groups is 1. The van der Waals surface area contributed by atoms with Gasteiger partial charge in [-0.05, 0) is 45.0 Å². The molecule has 26 heavy (non-hydrogen) atoms. The summed E-state index contributed by atoms with van der Waals surface area (Å²) in [6, 6.07) is 6.89. The molecule has 0 bridgehead atoms. The predicted octanol–water partition coefficient (Wildman–Crippen LogP) is 2.87. The van der Waals surface area contributed by atoms with Crippen LogP contribution in [0.5, 0.6) is 0 Å². The summed E-state index contributed by atoms with van der Waals surface area (Å²) in [6.07, 6.45) is 5.00. The van der Waals surface area contributed by atoms with Crippen LogP contribution in [0.4, 0.5) is 5.82 Å². The Balaban J connectivity index is 1.73. The van der Waals surface area contributed by atoms with Crippen molar-refractivity contribution in [3.8, 4) is 11.4 Å². The van der Waals surface area contributed by atoms with E-state index in [4.69, 9.17) is 4.42 Å². The van der Waals surface area contributed by atoms with E-state index in [0.29, 0.717) is 23.9 Å². The van der Waals surface area contributed by atoms with Gasteiger partial charge in [0.15, 0.2) is 5.82 Å². The van der Waals surface area contributed by atoms with Gasteiger partial charge in [0, 0.05) is 29.2 Å². The number of anilines is 1. The van der Waals surface area contributed by atoms with E-state index in [1.54, 1.807) is 31.6 Å². The molecular weight excluding hydrogens is 330 g/mol. The fraction of sp³-hybridized carbons (Fsp3) is 0.263. The topological polar surface area (TPSA) is 92.9 Å². The second kappa shape index (κ2) is 7.77. The van der Waals surface area contributed by atoms with Crippen LogP contribution in [0.1, 0.15) is 23.9 Å². The first kappa shape index (κ1) is 17.6. The molecule has 0 saturated carbocycles. The number of hydrogen-bond donors (Lipinski definition) is 2. The van der Waals surface area contributed by atoms with Crippen molar-refractivity contribution in [2.75, 3.05) is 5.32 Å². The van der Waals surface area contributed by atoms with Crippen LogP contribution in [-0.2, 0) is 11.3 Å². The average Bonchev–Trinajstić information content (AvgIpc) is 3.17. The van der Waals surface area contributed by atoms with Gasteiger partial charge in [-0.2, -0.15) is 0 Å². The molecule has 3 aromatic heterocycles. The lowest BCUT2D eigenvalue weighted by Crippen LogP contribution is -2.37. The highest BCUT2D eigenvalue weighted by atomic mass is 16.3. The number of amides is 1. The van der Waals surface area contributed by atoms with Crippen LogP contribution in [0.25, 0.3) is 11.4 Å². The van der Waals surface area contributed by atoms with Crippen molar-refractivity contribution in [1.29, 1.82) is 0 Å². The summed E-state index contributed by atoms with van der Waals surface area (Å²) in [5, 5.41) is 6.01. The summed E-state index contributed by atoms with van der Waals surface area (Å²) >= 11 is 0. The second-order valence-corrected chi connectivity index (χ2v) is 6.01. The summed E-state index contributed by atoms with van der Waals surface area (Å²) in [5.41, 5.74) is 2.58. The van der Waals surface area contributed by atoms with Crippen LogP contribution in [0.2, 0.25) is 0 Å². The normalized spacial score (nSPS) is 11.8. The summed E-state index contributed by atoms with van der Waals surface area (Å²) < 4.78 is 5.22. The zero-order chi connectivity index (χ0) is 18.5. The zero-order valence-corrected chi connectivity index (χ0v) is 15.0. The molecule has 0 saturated heterocycles. The average molecular weight is 351 g/mol. The Bertz CT molecular complexity index is 878. The number of hydrogen-bond acceptors (Lipinski definition) is 6. The molecule has 134 valence electrons. The lowest BCUT2D eigenvalue weighted by Gasteiger charge is -2.17. The Hall–Kier alpha value is -3.22. The highest BCUT2D eigenvalue weighted by Crippen LogP contribution is 2.21. The number of nitrogens with one attached hydrogen (secondary N) is 2. The molecule has 2 N–H and O–H groups in total. The van der Waals surface area contributed by atoms with E-state index >= 15 is 0 Å². The summed E-state index contributed by atoms with van der Waals surface area (Å²) in [4.78, 5) is 25.5. The van der Waals surface area contributed by atoms with Crippen LogP contribution in [0.3, 0.4) is 0 Å². The molecule has 1 unspecified atom stereocenters. The number of carbonyl (C=O) groups excluding carboxylic acids is 1. The molecular formula is C19H21N5O2. The molecule has 0 spiro atoms. The van der Waals surface area contributed by atoms with E-state index in [-0.39, 0.29) is 5.91 Å². The maximum Gasteiger partial charge on any atom is 0.242 e. The lowest BCUT2D eigenvalue weighted by atomic mass is 10.2. The summed E-state index contributed by atoms with van der Waals surface area (Å²) in [6.45, 7) is 5.99. The molecule has 0 aliphatic carbocycles. The molecule has 7 heteroatoms. The Kier molecular flexibility index (Phi) is 5.26. The van der Waals surface area contributed by atoms with E-state index < -0.39 is 6.04 Å².